The Hall–Kier alpha value is -1.03. The molecule has 1 aromatic rings. The van der Waals surface area contributed by atoms with Gasteiger partial charge in [-0.1, -0.05) is 6.42 Å². The lowest BCUT2D eigenvalue weighted by Gasteiger charge is -2.21. The first-order chi connectivity index (χ1) is 7.25. The average molecular weight is 209 g/mol. The molecule has 1 aromatic heterocycles. The van der Waals surface area contributed by atoms with Gasteiger partial charge in [0, 0.05) is 0 Å². The number of ether oxygens (including phenoxy) is 1. The number of nitrogens with two attached hydrogens (primary N) is 1. The van der Waals surface area contributed by atoms with E-state index in [0.717, 1.165) is 5.75 Å². The normalized spacial score (nSPS) is 20.1. The minimum Gasteiger partial charge on any atom is -0.487 e. The molecular formula is C11H19N3O. The summed E-state index contributed by atoms with van der Waals surface area (Å²) in [5.74, 6) is 0.846. The van der Waals surface area contributed by atoms with Gasteiger partial charge in [0.25, 0.3) is 0 Å². The highest BCUT2D eigenvalue weighted by molar-refractivity contribution is 5.12. The van der Waals surface area contributed by atoms with Crippen molar-refractivity contribution in [2.24, 2.45) is 5.73 Å². The van der Waals surface area contributed by atoms with Crippen molar-refractivity contribution in [1.82, 2.24) is 9.78 Å². The fourth-order valence-corrected chi connectivity index (χ4v) is 1.98. The standard InChI is InChI=1S/C11H19N3O/c1-9(12)14-8-11(7-13-14)15-10-5-3-2-4-6-10/h7-10H,2-6,12H2,1H3. The molecule has 84 valence electrons. The second kappa shape index (κ2) is 4.66. The first-order valence-corrected chi connectivity index (χ1v) is 5.72. The molecule has 1 aliphatic rings. The predicted molar refractivity (Wildman–Crippen MR) is 58.6 cm³/mol. The number of aromatic nitrogens is 2. The molecular weight excluding hydrogens is 190 g/mol. The Morgan fingerprint density at radius 1 is 1.47 bits per heavy atom. The van der Waals surface area contributed by atoms with E-state index < -0.39 is 0 Å². The van der Waals surface area contributed by atoms with Crippen molar-refractivity contribution in [3.05, 3.63) is 12.4 Å². The maximum Gasteiger partial charge on any atom is 0.157 e. The number of hydrogen-bond acceptors (Lipinski definition) is 3. The molecule has 0 spiro atoms. The van der Waals surface area contributed by atoms with Crippen LogP contribution in [0, 0.1) is 0 Å². The third-order valence-electron chi connectivity index (χ3n) is 2.85. The van der Waals surface area contributed by atoms with Gasteiger partial charge in [0.2, 0.25) is 0 Å². The summed E-state index contributed by atoms with van der Waals surface area (Å²) in [4.78, 5) is 0. The Labute approximate surface area is 90.4 Å². The third-order valence-corrected chi connectivity index (χ3v) is 2.85. The molecule has 1 atom stereocenters. The Balaban J connectivity index is 1.91. The van der Waals surface area contributed by atoms with E-state index in [1.807, 2.05) is 13.1 Å². The van der Waals surface area contributed by atoms with E-state index in [0.29, 0.717) is 6.10 Å². The second-order valence-electron chi connectivity index (χ2n) is 4.27. The van der Waals surface area contributed by atoms with Crippen molar-refractivity contribution in [3.63, 3.8) is 0 Å². The fraction of sp³-hybridized carbons (Fsp3) is 0.727. The first kappa shape index (κ1) is 10.5. The van der Waals surface area contributed by atoms with E-state index in [2.05, 4.69) is 5.10 Å². The van der Waals surface area contributed by atoms with Crippen LogP contribution in [0.1, 0.15) is 45.2 Å². The van der Waals surface area contributed by atoms with Crippen molar-refractivity contribution in [3.8, 4) is 5.75 Å². The summed E-state index contributed by atoms with van der Waals surface area (Å²) in [6.45, 7) is 1.90. The molecule has 15 heavy (non-hydrogen) atoms. The van der Waals surface area contributed by atoms with Gasteiger partial charge >= 0.3 is 0 Å². The molecule has 1 aliphatic carbocycles. The van der Waals surface area contributed by atoms with Crippen LogP contribution in [0.5, 0.6) is 5.75 Å². The summed E-state index contributed by atoms with van der Waals surface area (Å²) in [5, 5.41) is 4.15. The van der Waals surface area contributed by atoms with Gasteiger partial charge < -0.3 is 10.5 Å². The van der Waals surface area contributed by atoms with Gasteiger partial charge in [-0.25, -0.2) is 0 Å². The number of rotatable bonds is 3. The monoisotopic (exact) mass is 209 g/mol. The smallest absolute Gasteiger partial charge is 0.157 e. The molecule has 0 saturated heterocycles. The van der Waals surface area contributed by atoms with Gasteiger partial charge in [-0.2, -0.15) is 5.10 Å². The quantitative estimate of drug-likeness (QED) is 0.829. The fourth-order valence-electron chi connectivity index (χ4n) is 1.98. The highest BCUT2D eigenvalue weighted by atomic mass is 16.5. The van der Waals surface area contributed by atoms with Crippen LogP contribution in [-0.4, -0.2) is 15.9 Å². The maximum absolute atomic E-state index is 5.85. The van der Waals surface area contributed by atoms with Crippen molar-refractivity contribution < 1.29 is 4.74 Å². The van der Waals surface area contributed by atoms with E-state index >= 15 is 0 Å². The predicted octanol–water partition coefficient (Wildman–Crippen LogP) is 2.07. The minimum atomic E-state index is -0.0892. The molecule has 0 aromatic carbocycles. The minimum absolute atomic E-state index is 0.0892. The van der Waals surface area contributed by atoms with Crippen LogP contribution < -0.4 is 10.5 Å². The number of nitrogens with zero attached hydrogens (tertiary/aromatic N) is 2. The van der Waals surface area contributed by atoms with Crippen molar-refractivity contribution >= 4 is 0 Å². The highest BCUT2D eigenvalue weighted by Gasteiger charge is 2.15. The lowest BCUT2D eigenvalue weighted by atomic mass is 9.98. The molecule has 1 fully saturated rings. The van der Waals surface area contributed by atoms with Crippen LogP contribution in [0.4, 0.5) is 0 Å². The van der Waals surface area contributed by atoms with E-state index in [1.165, 1.54) is 32.1 Å². The largest absolute Gasteiger partial charge is 0.487 e. The number of hydrogen-bond donors (Lipinski definition) is 1. The van der Waals surface area contributed by atoms with Crippen LogP contribution in [0.15, 0.2) is 12.4 Å². The molecule has 4 nitrogen and oxygen atoms in total. The molecule has 1 unspecified atom stereocenters. The lowest BCUT2D eigenvalue weighted by molar-refractivity contribution is 0.154. The topological polar surface area (TPSA) is 53.1 Å². The lowest BCUT2D eigenvalue weighted by Crippen LogP contribution is -2.19. The van der Waals surface area contributed by atoms with E-state index in [9.17, 15) is 0 Å². The molecule has 0 aliphatic heterocycles. The van der Waals surface area contributed by atoms with Crippen LogP contribution in [0.25, 0.3) is 0 Å². The Bertz CT molecular complexity index is 303. The molecule has 0 amide bonds. The van der Waals surface area contributed by atoms with Crippen molar-refractivity contribution in [1.29, 1.82) is 0 Å². The average Bonchev–Trinajstić information content (AvgIpc) is 2.68. The molecule has 1 saturated carbocycles. The van der Waals surface area contributed by atoms with Crippen molar-refractivity contribution in [2.45, 2.75) is 51.3 Å². The Kier molecular flexibility index (Phi) is 3.26. The second-order valence-corrected chi connectivity index (χ2v) is 4.27. The van der Waals surface area contributed by atoms with Gasteiger partial charge in [0.1, 0.15) is 0 Å². The molecule has 2 rings (SSSR count). The summed E-state index contributed by atoms with van der Waals surface area (Å²) in [7, 11) is 0. The summed E-state index contributed by atoms with van der Waals surface area (Å²) >= 11 is 0. The van der Waals surface area contributed by atoms with Gasteiger partial charge in [-0.15, -0.1) is 0 Å². The Morgan fingerprint density at radius 3 is 2.80 bits per heavy atom. The molecule has 0 bridgehead atoms. The van der Waals surface area contributed by atoms with E-state index in [1.54, 1.807) is 10.9 Å². The summed E-state index contributed by atoms with van der Waals surface area (Å²) in [6, 6.07) is 0. The van der Waals surface area contributed by atoms with E-state index in [4.69, 9.17) is 10.5 Å². The van der Waals surface area contributed by atoms with Gasteiger partial charge in [0.15, 0.2) is 5.75 Å². The van der Waals surface area contributed by atoms with Gasteiger partial charge in [0.05, 0.1) is 24.7 Å². The zero-order valence-corrected chi connectivity index (χ0v) is 9.22. The summed E-state index contributed by atoms with van der Waals surface area (Å²) < 4.78 is 7.57. The SMILES string of the molecule is CC(N)n1cc(OC2CCCCC2)cn1. The van der Waals surface area contributed by atoms with Gasteiger partial charge in [-0.3, -0.25) is 4.68 Å². The Morgan fingerprint density at radius 2 is 2.20 bits per heavy atom. The first-order valence-electron chi connectivity index (χ1n) is 5.72. The van der Waals surface area contributed by atoms with Crippen molar-refractivity contribution in [2.75, 3.05) is 0 Å². The van der Waals surface area contributed by atoms with Crippen LogP contribution in [0.2, 0.25) is 0 Å². The molecule has 1 heterocycles. The van der Waals surface area contributed by atoms with Crippen LogP contribution >= 0.6 is 0 Å². The van der Waals surface area contributed by atoms with Crippen LogP contribution in [0.3, 0.4) is 0 Å². The highest BCUT2D eigenvalue weighted by Crippen LogP contribution is 2.23. The molecule has 0 radical (unpaired) electrons. The van der Waals surface area contributed by atoms with Crippen LogP contribution in [-0.2, 0) is 0 Å². The summed E-state index contributed by atoms with van der Waals surface area (Å²) in [5.41, 5.74) is 5.71. The zero-order chi connectivity index (χ0) is 10.7. The maximum atomic E-state index is 5.85. The summed E-state index contributed by atoms with van der Waals surface area (Å²) in [6.07, 6.45) is 10.2. The van der Waals surface area contributed by atoms with Gasteiger partial charge in [-0.05, 0) is 32.6 Å². The van der Waals surface area contributed by atoms with E-state index in [-0.39, 0.29) is 6.17 Å². The molecule has 2 N–H and O–H groups in total. The molecule has 4 heteroatoms. The third kappa shape index (κ3) is 2.72. The zero-order valence-electron chi connectivity index (χ0n) is 9.22.